The fourth-order valence-electron chi connectivity index (χ4n) is 5.38. The lowest BCUT2D eigenvalue weighted by atomic mass is 9.96. The summed E-state index contributed by atoms with van der Waals surface area (Å²) >= 11 is 5.93. The number of methoxy groups -OCH3 is 1. The second-order valence-electron chi connectivity index (χ2n) is 9.91. The average Bonchev–Trinajstić information content (AvgIpc) is 3.43. The molecule has 5 rings (SSSR count). The van der Waals surface area contributed by atoms with E-state index in [1.165, 1.54) is 12.7 Å². The normalized spacial score (nSPS) is 17.1. The number of thiocarbonyl (C=S) groups is 1. The number of hydrogen-bond donors (Lipinski definition) is 1. The smallest absolute Gasteiger partial charge is 0.339 e. The fourth-order valence-corrected chi connectivity index (χ4v) is 5.72. The van der Waals surface area contributed by atoms with Gasteiger partial charge in [-0.15, -0.1) is 0 Å². The first-order valence-electron chi connectivity index (χ1n) is 12.8. The van der Waals surface area contributed by atoms with Gasteiger partial charge in [0.15, 0.2) is 5.11 Å². The Kier molecular flexibility index (Phi) is 7.04. The standard InChI is InChI=1S/C31H32N4O2S/c1-19(2)22-13-15-23(16-14-22)35-29(28(33-31(35)38)26-11-8-9-17-32-26)25-18-20(3)34(21(25)4)27-12-7-6-10-24(27)30(36)37-5/h6-19,28-29H,1-5H3,(H,33,38)/t28-,29+/m0/s1. The fraction of sp³-hybridized carbons (Fsp3) is 0.258. The van der Waals surface area contributed by atoms with Crippen LogP contribution in [0.1, 0.15) is 70.4 Å². The number of aromatic nitrogens is 2. The first kappa shape index (κ1) is 25.7. The van der Waals surface area contributed by atoms with E-state index in [4.69, 9.17) is 17.0 Å². The van der Waals surface area contributed by atoms with E-state index in [1.807, 2.05) is 42.6 Å². The molecule has 1 fully saturated rings. The zero-order chi connectivity index (χ0) is 27.0. The second-order valence-corrected chi connectivity index (χ2v) is 10.3. The van der Waals surface area contributed by atoms with Gasteiger partial charge in [-0.05, 0) is 85.6 Å². The molecule has 0 amide bonds. The molecule has 0 radical (unpaired) electrons. The van der Waals surface area contributed by atoms with E-state index in [-0.39, 0.29) is 18.1 Å². The van der Waals surface area contributed by atoms with Gasteiger partial charge in [0.2, 0.25) is 0 Å². The zero-order valence-electron chi connectivity index (χ0n) is 22.3. The van der Waals surface area contributed by atoms with Crippen LogP contribution < -0.4 is 10.2 Å². The molecule has 6 nitrogen and oxygen atoms in total. The van der Waals surface area contributed by atoms with Crippen LogP contribution in [0.15, 0.2) is 79.0 Å². The summed E-state index contributed by atoms with van der Waals surface area (Å²) in [5.74, 6) is 0.0789. The number of carbonyl (C=O) groups is 1. The van der Waals surface area contributed by atoms with Crippen molar-refractivity contribution in [3.63, 3.8) is 0 Å². The van der Waals surface area contributed by atoms with Crippen molar-refractivity contribution < 1.29 is 9.53 Å². The highest BCUT2D eigenvalue weighted by atomic mass is 32.1. The Morgan fingerprint density at radius 1 is 1.03 bits per heavy atom. The second kappa shape index (κ2) is 10.4. The number of para-hydroxylation sites is 1. The first-order chi connectivity index (χ1) is 18.3. The summed E-state index contributed by atoms with van der Waals surface area (Å²) in [7, 11) is 1.41. The molecule has 1 saturated heterocycles. The van der Waals surface area contributed by atoms with Crippen molar-refractivity contribution in [3.05, 3.63) is 113 Å². The van der Waals surface area contributed by atoms with Gasteiger partial charge in [0, 0.05) is 23.3 Å². The van der Waals surface area contributed by atoms with Crippen LogP contribution in [0.2, 0.25) is 0 Å². The minimum atomic E-state index is -0.364. The summed E-state index contributed by atoms with van der Waals surface area (Å²) in [6.45, 7) is 8.53. The van der Waals surface area contributed by atoms with Crippen LogP contribution in [0.5, 0.6) is 0 Å². The van der Waals surface area contributed by atoms with Crippen molar-refractivity contribution in [2.75, 3.05) is 12.0 Å². The minimum absolute atomic E-state index is 0.146. The van der Waals surface area contributed by atoms with Gasteiger partial charge in [-0.1, -0.05) is 44.2 Å². The molecule has 0 aliphatic carbocycles. The number of esters is 1. The zero-order valence-corrected chi connectivity index (χ0v) is 23.1. The molecular formula is C31H32N4O2S. The number of pyridine rings is 1. The first-order valence-corrected chi connectivity index (χ1v) is 13.2. The summed E-state index contributed by atoms with van der Waals surface area (Å²) in [6.07, 6.45) is 1.81. The van der Waals surface area contributed by atoms with Gasteiger partial charge in [0.05, 0.1) is 36.1 Å². The Balaban J connectivity index is 1.68. The number of aryl methyl sites for hydroxylation is 1. The number of anilines is 1. The molecule has 0 saturated carbocycles. The topological polar surface area (TPSA) is 59.4 Å². The van der Waals surface area contributed by atoms with Crippen molar-refractivity contribution in [1.29, 1.82) is 0 Å². The Labute approximate surface area is 229 Å². The van der Waals surface area contributed by atoms with E-state index in [0.717, 1.165) is 34.0 Å². The minimum Gasteiger partial charge on any atom is -0.465 e. The maximum Gasteiger partial charge on any atom is 0.339 e. The van der Waals surface area contributed by atoms with E-state index in [1.54, 1.807) is 6.07 Å². The van der Waals surface area contributed by atoms with Crippen molar-refractivity contribution in [3.8, 4) is 5.69 Å². The molecule has 2 aromatic heterocycles. The summed E-state index contributed by atoms with van der Waals surface area (Å²) in [6, 6.07) is 24.0. The van der Waals surface area contributed by atoms with Gasteiger partial charge in [-0.3, -0.25) is 4.98 Å². The lowest BCUT2D eigenvalue weighted by Crippen LogP contribution is -2.29. The number of nitrogens with one attached hydrogen (secondary N) is 1. The maximum absolute atomic E-state index is 12.6. The van der Waals surface area contributed by atoms with Crippen LogP contribution in [0, 0.1) is 13.8 Å². The van der Waals surface area contributed by atoms with E-state index < -0.39 is 0 Å². The number of rotatable bonds is 6. The molecule has 2 aromatic carbocycles. The third-order valence-corrected chi connectivity index (χ3v) is 7.59. The lowest BCUT2D eigenvalue weighted by Gasteiger charge is -2.28. The molecule has 1 N–H and O–H groups in total. The summed E-state index contributed by atoms with van der Waals surface area (Å²) in [5, 5.41) is 4.21. The quantitative estimate of drug-likeness (QED) is 0.227. The molecule has 4 aromatic rings. The molecule has 7 heteroatoms. The largest absolute Gasteiger partial charge is 0.465 e. The number of benzene rings is 2. The highest BCUT2D eigenvalue weighted by molar-refractivity contribution is 7.80. The van der Waals surface area contributed by atoms with Crippen LogP contribution in [0.4, 0.5) is 5.69 Å². The molecule has 0 spiro atoms. The van der Waals surface area contributed by atoms with Crippen LogP contribution in [0.25, 0.3) is 5.69 Å². The number of hydrogen-bond acceptors (Lipinski definition) is 4. The Morgan fingerprint density at radius 3 is 2.39 bits per heavy atom. The number of ether oxygens (including phenoxy) is 1. The molecule has 3 heterocycles. The van der Waals surface area contributed by atoms with Gasteiger partial charge in [-0.2, -0.15) is 0 Å². The molecule has 194 valence electrons. The molecule has 1 aliphatic heterocycles. The van der Waals surface area contributed by atoms with E-state index >= 15 is 0 Å². The Morgan fingerprint density at radius 2 is 1.74 bits per heavy atom. The molecule has 1 aliphatic rings. The average molecular weight is 525 g/mol. The molecule has 38 heavy (non-hydrogen) atoms. The van der Waals surface area contributed by atoms with E-state index in [0.29, 0.717) is 16.6 Å². The lowest BCUT2D eigenvalue weighted by molar-refractivity contribution is 0.0600. The molecule has 0 unspecified atom stereocenters. The molecule has 2 atom stereocenters. The highest BCUT2D eigenvalue weighted by Gasteiger charge is 2.42. The van der Waals surface area contributed by atoms with Crippen molar-refractivity contribution in [2.24, 2.45) is 0 Å². The summed E-state index contributed by atoms with van der Waals surface area (Å²) in [5.41, 5.74) is 7.68. The van der Waals surface area contributed by atoms with Crippen molar-refractivity contribution >= 4 is 29.0 Å². The monoisotopic (exact) mass is 524 g/mol. The number of nitrogens with zero attached hydrogens (tertiary/aromatic N) is 3. The van der Waals surface area contributed by atoms with Crippen LogP contribution in [-0.4, -0.2) is 27.7 Å². The van der Waals surface area contributed by atoms with Gasteiger partial charge in [-0.25, -0.2) is 4.79 Å². The van der Waals surface area contributed by atoms with E-state index in [9.17, 15) is 4.79 Å². The maximum atomic E-state index is 12.6. The SMILES string of the molecule is COC(=O)c1ccccc1-n1c(C)cc([C@@H]2[C@H](c3ccccn3)NC(=S)N2c2ccc(C(C)C)cc2)c1C. The predicted molar refractivity (Wildman–Crippen MR) is 155 cm³/mol. The summed E-state index contributed by atoms with van der Waals surface area (Å²) < 4.78 is 7.20. The highest BCUT2D eigenvalue weighted by Crippen LogP contribution is 2.44. The third-order valence-electron chi connectivity index (χ3n) is 7.28. The van der Waals surface area contributed by atoms with Crippen LogP contribution in [0.3, 0.4) is 0 Å². The molecular weight excluding hydrogens is 492 g/mol. The molecule has 0 bridgehead atoms. The summed E-state index contributed by atoms with van der Waals surface area (Å²) in [4.78, 5) is 19.5. The number of carbonyl (C=O) groups excluding carboxylic acids is 1. The van der Waals surface area contributed by atoms with E-state index in [2.05, 4.69) is 77.8 Å². The van der Waals surface area contributed by atoms with Crippen LogP contribution in [-0.2, 0) is 4.74 Å². The third kappa shape index (κ3) is 4.47. The Hall–Kier alpha value is -3.97. The van der Waals surface area contributed by atoms with Gasteiger partial charge in [0.25, 0.3) is 0 Å². The van der Waals surface area contributed by atoms with Gasteiger partial charge >= 0.3 is 5.97 Å². The van der Waals surface area contributed by atoms with Gasteiger partial charge < -0.3 is 19.5 Å². The van der Waals surface area contributed by atoms with Crippen molar-refractivity contribution in [1.82, 2.24) is 14.9 Å². The Bertz CT molecular complexity index is 1480. The predicted octanol–water partition coefficient (Wildman–Crippen LogP) is 6.58. The van der Waals surface area contributed by atoms with Crippen LogP contribution >= 0.6 is 12.2 Å². The van der Waals surface area contributed by atoms with Crippen molar-refractivity contribution in [2.45, 2.75) is 45.7 Å². The van der Waals surface area contributed by atoms with Gasteiger partial charge in [0.1, 0.15) is 0 Å².